The van der Waals surface area contributed by atoms with E-state index in [0.717, 1.165) is 19.6 Å². The Bertz CT molecular complexity index is 186. The third-order valence-corrected chi connectivity index (χ3v) is 2.83. The number of rotatable bonds is 19. The van der Waals surface area contributed by atoms with Crippen LogP contribution < -0.4 is 0 Å². The van der Waals surface area contributed by atoms with Crippen LogP contribution in [0.2, 0.25) is 0 Å². The number of aliphatic hydroxyl groups excluding tert-OH is 2. The number of aliphatic hydroxyl groups is 2. The highest BCUT2D eigenvalue weighted by Crippen LogP contribution is 1.94. The molecule has 7 nitrogen and oxygen atoms in total. The zero-order valence-corrected chi connectivity index (χ0v) is 16.2. The van der Waals surface area contributed by atoms with Gasteiger partial charge in [-0.05, 0) is 12.8 Å². The molecule has 25 heavy (non-hydrogen) atoms. The van der Waals surface area contributed by atoms with Crippen LogP contribution in [0.5, 0.6) is 0 Å². The van der Waals surface area contributed by atoms with E-state index in [1.54, 1.807) is 0 Å². The van der Waals surface area contributed by atoms with Crippen molar-refractivity contribution in [3.63, 3.8) is 0 Å². The molecule has 0 aliphatic rings. The van der Waals surface area contributed by atoms with Crippen LogP contribution in [0.4, 0.5) is 0 Å². The number of unbranched alkanes of at least 4 members (excludes halogenated alkanes) is 2. The van der Waals surface area contributed by atoms with Crippen LogP contribution in [0.15, 0.2) is 0 Å². The molecule has 0 aromatic rings. The molecule has 0 aromatic heterocycles. The fourth-order valence-corrected chi connectivity index (χ4v) is 1.59. The van der Waals surface area contributed by atoms with E-state index in [-0.39, 0.29) is 13.2 Å². The monoisotopic (exact) mass is 368 g/mol. The highest BCUT2D eigenvalue weighted by molar-refractivity contribution is 4.36. The second kappa shape index (κ2) is 28.5. The molecule has 0 aliphatic heterocycles. The molecule has 0 amide bonds. The predicted molar refractivity (Wildman–Crippen MR) is 98.1 cm³/mol. The maximum absolute atomic E-state index is 8.41. The van der Waals surface area contributed by atoms with E-state index < -0.39 is 0 Å². The molecule has 0 spiro atoms. The van der Waals surface area contributed by atoms with Crippen LogP contribution in [-0.2, 0) is 23.7 Å². The third-order valence-electron chi connectivity index (χ3n) is 2.83. The van der Waals surface area contributed by atoms with Gasteiger partial charge in [-0.1, -0.05) is 26.7 Å². The van der Waals surface area contributed by atoms with Crippen LogP contribution in [0.3, 0.4) is 0 Å². The predicted octanol–water partition coefficient (Wildman–Crippen LogP) is 1.64. The van der Waals surface area contributed by atoms with Gasteiger partial charge >= 0.3 is 0 Å². The van der Waals surface area contributed by atoms with Crippen LogP contribution in [0.25, 0.3) is 0 Å². The molecule has 0 aliphatic carbocycles. The molecule has 0 saturated heterocycles. The summed E-state index contributed by atoms with van der Waals surface area (Å²) in [6.07, 6.45) is 4.97. The Morgan fingerprint density at radius 2 is 0.840 bits per heavy atom. The van der Waals surface area contributed by atoms with E-state index in [1.165, 1.54) is 19.3 Å². The lowest BCUT2D eigenvalue weighted by Crippen LogP contribution is -2.13. The van der Waals surface area contributed by atoms with Gasteiger partial charge in [0.25, 0.3) is 0 Å². The minimum absolute atomic E-state index is 0.0386. The summed E-state index contributed by atoms with van der Waals surface area (Å²) in [7, 11) is 0. The summed E-state index contributed by atoms with van der Waals surface area (Å²) in [5, 5.41) is 16.8. The van der Waals surface area contributed by atoms with Gasteiger partial charge in [-0.2, -0.15) is 0 Å². The van der Waals surface area contributed by atoms with Crippen molar-refractivity contribution < 1.29 is 33.9 Å². The lowest BCUT2D eigenvalue weighted by molar-refractivity contribution is -0.00856. The minimum Gasteiger partial charge on any atom is -0.394 e. The largest absolute Gasteiger partial charge is 0.394 e. The highest BCUT2D eigenvalue weighted by atomic mass is 16.6. The molecule has 0 fully saturated rings. The molecule has 0 unspecified atom stereocenters. The standard InChI is InChI=1S/C10H22O6.C8H18O/c11-1-3-13-5-7-15-9-10-16-8-6-14-4-2-12;1-3-5-6-8-9-7-4-2/h11-12H,1-10H2;3-8H2,1-2H3. The first-order valence-electron chi connectivity index (χ1n) is 9.43. The van der Waals surface area contributed by atoms with Gasteiger partial charge in [0.1, 0.15) is 0 Å². The van der Waals surface area contributed by atoms with Gasteiger partial charge in [-0.3, -0.25) is 0 Å². The Hall–Kier alpha value is -0.280. The molecule has 0 rings (SSSR count). The minimum atomic E-state index is 0.0386. The molecule has 0 aromatic carbocycles. The maximum Gasteiger partial charge on any atom is 0.0701 e. The van der Waals surface area contributed by atoms with E-state index in [0.29, 0.717) is 52.9 Å². The Balaban J connectivity index is 0. The molecule has 0 radical (unpaired) electrons. The van der Waals surface area contributed by atoms with Crippen LogP contribution in [-0.4, -0.2) is 89.5 Å². The molecule has 7 heteroatoms. The second-order valence-corrected chi connectivity index (χ2v) is 5.22. The van der Waals surface area contributed by atoms with Crippen molar-refractivity contribution in [2.24, 2.45) is 0 Å². The summed E-state index contributed by atoms with van der Waals surface area (Å²) in [5.74, 6) is 0. The molecule has 0 atom stereocenters. The van der Waals surface area contributed by atoms with E-state index in [9.17, 15) is 0 Å². The van der Waals surface area contributed by atoms with E-state index >= 15 is 0 Å². The number of hydrogen-bond acceptors (Lipinski definition) is 7. The van der Waals surface area contributed by atoms with Gasteiger partial charge in [0, 0.05) is 13.2 Å². The van der Waals surface area contributed by atoms with Gasteiger partial charge in [0.15, 0.2) is 0 Å². The summed E-state index contributed by atoms with van der Waals surface area (Å²) in [4.78, 5) is 0. The summed E-state index contributed by atoms with van der Waals surface area (Å²) in [5.41, 5.74) is 0. The Morgan fingerprint density at radius 1 is 0.440 bits per heavy atom. The zero-order chi connectivity index (χ0) is 18.8. The summed E-state index contributed by atoms with van der Waals surface area (Å²) >= 11 is 0. The molecule has 0 bridgehead atoms. The van der Waals surface area contributed by atoms with E-state index in [1.807, 2.05) is 0 Å². The van der Waals surface area contributed by atoms with Gasteiger partial charge in [-0.25, -0.2) is 0 Å². The molecule has 154 valence electrons. The van der Waals surface area contributed by atoms with Crippen LogP contribution >= 0.6 is 0 Å². The second-order valence-electron chi connectivity index (χ2n) is 5.22. The topological polar surface area (TPSA) is 86.6 Å². The molecular formula is C18H40O7. The lowest BCUT2D eigenvalue weighted by atomic mass is 10.3. The van der Waals surface area contributed by atoms with Gasteiger partial charge in [-0.15, -0.1) is 0 Å². The van der Waals surface area contributed by atoms with Crippen molar-refractivity contribution in [3.05, 3.63) is 0 Å². The maximum atomic E-state index is 8.41. The van der Waals surface area contributed by atoms with Crippen molar-refractivity contribution in [1.29, 1.82) is 0 Å². The third kappa shape index (κ3) is 31.9. The van der Waals surface area contributed by atoms with Gasteiger partial charge in [0.2, 0.25) is 0 Å². The average molecular weight is 369 g/mol. The van der Waals surface area contributed by atoms with Gasteiger partial charge < -0.3 is 33.9 Å². The van der Waals surface area contributed by atoms with Gasteiger partial charge in [0.05, 0.1) is 66.1 Å². The van der Waals surface area contributed by atoms with Crippen molar-refractivity contribution in [2.75, 3.05) is 79.3 Å². The smallest absolute Gasteiger partial charge is 0.0701 e. The first-order chi connectivity index (χ1) is 12.3. The van der Waals surface area contributed by atoms with E-state index in [4.69, 9.17) is 33.9 Å². The fourth-order valence-electron chi connectivity index (χ4n) is 1.59. The van der Waals surface area contributed by atoms with E-state index in [2.05, 4.69) is 13.8 Å². The number of ether oxygens (including phenoxy) is 5. The molecular weight excluding hydrogens is 328 g/mol. The summed E-state index contributed by atoms with van der Waals surface area (Å²) in [6.45, 7) is 10.0. The normalized spacial score (nSPS) is 10.6. The summed E-state index contributed by atoms with van der Waals surface area (Å²) in [6, 6.07) is 0. The van der Waals surface area contributed by atoms with Crippen LogP contribution in [0, 0.1) is 0 Å². The zero-order valence-electron chi connectivity index (χ0n) is 16.2. The SMILES string of the molecule is CCCCCOCCC.OCCOCCOCCOCCOCCO. The quantitative estimate of drug-likeness (QED) is 0.335. The van der Waals surface area contributed by atoms with Crippen molar-refractivity contribution in [1.82, 2.24) is 0 Å². The molecule has 0 heterocycles. The Morgan fingerprint density at radius 3 is 1.20 bits per heavy atom. The first-order valence-corrected chi connectivity index (χ1v) is 9.43. The highest BCUT2D eigenvalue weighted by Gasteiger charge is 1.91. The lowest BCUT2D eigenvalue weighted by Gasteiger charge is -2.06. The van der Waals surface area contributed by atoms with Crippen molar-refractivity contribution in [3.8, 4) is 0 Å². The average Bonchev–Trinajstić information content (AvgIpc) is 2.63. The Kier molecular flexibility index (Phi) is 30.7. The number of hydrogen-bond donors (Lipinski definition) is 2. The molecule has 0 saturated carbocycles. The fraction of sp³-hybridized carbons (Fsp3) is 1.00. The van der Waals surface area contributed by atoms with Crippen molar-refractivity contribution >= 4 is 0 Å². The Labute approximate surface area is 153 Å². The molecule has 2 N–H and O–H groups in total. The summed E-state index contributed by atoms with van der Waals surface area (Å²) < 4.78 is 25.7. The van der Waals surface area contributed by atoms with Crippen molar-refractivity contribution in [2.45, 2.75) is 39.5 Å². The van der Waals surface area contributed by atoms with Crippen LogP contribution in [0.1, 0.15) is 39.5 Å². The first kappa shape index (κ1) is 26.9.